The SMILES string of the molecule is COC(=O)Cn1nnc(N=NNc2nnn(CC(=O)OC)n2)n1. The lowest BCUT2D eigenvalue weighted by atomic mass is 10.7. The molecule has 0 aliphatic rings. The predicted octanol–water partition coefficient (Wildman–Crippen LogP) is -1.88. The molecule has 0 radical (unpaired) electrons. The van der Waals surface area contributed by atoms with Gasteiger partial charge in [-0.25, -0.2) is 15.0 Å². The summed E-state index contributed by atoms with van der Waals surface area (Å²) in [5, 5.41) is 28.9. The minimum atomic E-state index is -0.532. The van der Waals surface area contributed by atoms with Crippen LogP contribution in [0.3, 0.4) is 0 Å². The Morgan fingerprint density at radius 1 is 1.04 bits per heavy atom. The average Bonchev–Trinajstić information content (AvgIpc) is 3.17. The Labute approximate surface area is 127 Å². The van der Waals surface area contributed by atoms with Crippen molar-refractivity contribution in [3.63, 3.8) is 0 Å². The molecular formula is C8H11N11O4. The molecule has 0 amide bonds. The predicted molar refractivity (Wildman–Crippen MR) is 67.8 cm³/mol. The van der Waals surface area contributed by atoms with Crippen LogP contribution in [0.4, 0.5) is 11.9 Å². The molecule has 0 aromatic carbocycles. The molecule has 0 atom stereocenters. The number of nitrogens with zero attached hydrogens (tertiary/aromatic N) is 10. The molecule has 1 N–H and O–H groups in total. The molecule has 23 heavy (non-hydrogen) atoms. The van der Waals surface area contributed by atoms with Gasteiger partial charge in [-0.15, -0.1) is 10.2 Å². The monoisotopic (exact) mass is 325 g/mol. The van der Waals surface area contributed by atoms with Crippen molar-refractivity contribution in [1.82, 2.24) is 40.4 Å². The third kappa shape index (κ3) is 4.76. The number of anilines is 1. The first-order chi connectivity index (χ1) is 11.1. The Bertz CT molecular complexity index is 706. The van der Waals surface area contributed by atoms with Gasteiger partial charge in [0.1, 0.15) is 0 Å². The molecule has 15 heteroatoms. The number of aromatic nitrogens is 8. The van der Waals surface area contributed by atoms with E-state index < -0.39 is 11.9 Å². The molecule has 15 nitrogen and oxygen atoms in total. The molecule has 0 saturated heterocycles. The Morgan fingerprint density at radius 2 is 1.65 bits per heavy atom. The fraction of sp³-hybridized carbons (Fsp3) is 0.500. The van der Waals surface area contributed by atoms with E-state index >= 15 is 0 Å². The second-order valence-electron chi connectivity index (χ2n) is 3.73. The number of carbonyl (C=O) groups is 2. The zero-order chi connectivity index (χ0) is 16.7. The second-order valence-corrected chi connectivity index (χ2v) is 3.73. The number of ether oxygens (including phenoxy) is 2. The number of methoxy groups -OCH3 is 2. The van der Waals surface area contributed by atoms with Crippen molar-refractivity contribution < 1.29 is 19.1 Å². The topological polar surface area (TPSA) is 177 Å². The lowest BCUT2D eigenvalue weighted by Crippen LogP contribution is -2.14. The van der Waals surface area contributed by atoms with E-state index in [4.69, 9.17) is 0 Å². The van der Waals surface area contributed by atoms with Gasteiger partial charge in [-0.05, 0) is 10.4 Å². The summed E-state index contributed by atoms with van der Waals surface area (Å²) in [6.45, 7) is -0.387. The Kier molecular flexibility index (Phi) is 5.16. The standard InChI is InChI=1S/C8H11N11O4/c1-22-5(20)3-18-13-7(11-16-18)9-15-10-8-12-17-19(14-8)4-6(21)23-2/h3-4H2,1-2H3,(H,9,10,13,14). The third-order valence-corrected chi connectivity index (χ3v) is 2.18. The van der Waals surface area contributed by atoms with Crippen molar-refractivity contribution in [2.75, 3.05) is 19.6 Å². The van der Waals surface area contributed by atoms with E-state index in [9.17, 15) is 9.59 Å². The van der Waals surface area contributed by atoms with Crippen LogP contribution >= 0.6 is 0 Å². The fourth-order valence-corrected chi connectivity index (χ4v) is 1.17. The highest BCUT2D eigenvalue weighted by Crippen LogP contribution is 2.01. The number of hydrogen-bond donors (Lipinski definition) is 1. The van der Waals surface area contributed by atoms with Crippen LogP contribution in [0.2, 0.25) is 0 Å². The molecule has 2 rings (SSSR count). The maximum absolute atomic E-state index is 11.0. The number of nitrogens with one attached hydrogen (secondary N) is 1. The van der Waals surface area contributed by atoms with E-state index in [1.165, 1.54) is 14.2 Å². The first-order valence-electron chi connectivity index (χ1n) is 5.96. The van der Waals surface area contributed by atoms with Crippen molar-refractivity contribution in [2.45, 2.75) is 13.1 Å². The Morgan fingerprint density at radius 3 is 2.30 bits per heavy atom. The zero-order valence-electron chi connectivity index (χ0n) is 12.0. The summed E-state index contributed by atoms with van der Waals surface area (Å²) in [5.74, 6) is -1.15. The van der Waals surface area contributed by atoms with E-state index in [0.29, 0.717) is 0 Å². The van der Waals surface area contributed by atoms with Crippen molar-refractivity contribution in [3.05, 3.63) is 0 Å². The summed E-state index contributed by atoms with van der Waals surface area (Å²) in [7, 11) is 2.48. The molecule has 0 aliphatic carbocycles. The maximum Gasteiger partial charge on any atom is 0.329 e. The van der Waals surface area contributed by atoms with Gasteiger partial charge in [0.15, 0.2) is 13.1 Å². The van der Waals surface area contributed by atoms with Gasteiger partial charge in [0.25, 0.3) is 5.95 Å². The summed E-state index contributed by atoms with van der Waals surface area (Å²) in [6.07, 6.45) is 0. The van der Waals surface area contributed by atoms with Crippen LogP contribution in [0.15, 0.2) is 10.3 Å². The van der Waals surface area contributed by atoms with Crippen LogP contribution in [-0.4, -0.2) is 66.6 Å². The number of rotatable bonds is 7. The van der Waals surface area contributed by atoms with Gasteiger partial charge in [-0.1, -0.05) is 20.5 Å². The van der Waals surface area contributed by atoms with E-state index in [1.807, 2.05) is 0 Å². The molecule has 0 spiro atoms. The molecule has 2 heterocycles. The van der Waals surface area contributed by atoms with Gasteiger partial charge < -0.3 is 9.47 Å². The third-order valence-electron chi connectivity index (χ3n) is 2.18. The second kappa shape index (κ2) is 7.48. The molecular weight excluding hydrogens is 314 g/mol. The molecule has 0 fully saturated rings. The highest BCUT2D eigenvalue weighted by atomic mass is 16.5. The van der Waals surface area contributed by atoms with Crippen molar-refractivity contribution in [1.29, 1.82) is 0 Å². The molecule has 2 aromatic rings. The van der Waals surface area contributed by atoms with E-state index in [2.05, 4.69) is 56.1 Å². The number of tetrazole rings is 2. The van der Waals surface area contributed by atoms with Gasteiger partial charge in [0.05, 0.1) is 14.2 Å². The van der Waals surface area contributed by atoms with Gasteiger partial charge in [0.2, 0.25) is 0 Å². The summed E-state index contributed by atoms with van der Waals surface area (Å²) in [4.78, 5) is 24.0. The Hall–Kier alpha value is -3.52. The first-order valence-corrected chi connectivity index (χ1v) is 5.96. The summed E-state index contributed by atoms with van der Waals surface area (Å²) >= 11 is 0. The van der Waals surface area contributed by atoms with E-state index in [0.717, 1.165) is 9.59 Å². The minimum Gasteiger partial charge on any atom is -0.468 e. The largest absolute Gasteiger partial charge is 0.468 e. The van der Waals surface area contributed by atoms with Crippen LogP contribution in [-0.2, 0) is 32.2 Å². The molecule has 2 aromatic heterocycles. The summed E-state index contributed by atoms with van der Waals surface area (Å²) < 4.78 is 8.90. The first kappa shape index (κ1) is 15.9. The quantitative estimate of drug-likeness (QED) is 0.342. The van der Waals surface area contributed by atoms with Crippen LogP contribution in [0.1, 0.15) is 0 Å². The number of hydrogen-bond acceptors (Lipinski definition) is 12. The van der Waals surface area contributed by atoms with Gasteiger partial charge >= 0.3 is 17.9 Å². The van der Waals surface area contributed by atoms with Gasteiger partial charge in [-0.3, -0.25) is 0 Å². The van der Waals surface area contributed by atoms with Crippen LogP contribution in [0, 0.1) is 0 Å². The highest BCUT2D eigenvalue weighted by molar-refractivity contribution is 5.68. The minimum absolute atomic E-state index is 0.000365. The lowest BCUT2D eigenvalue weighted by Gasteiger charge is -1.95. The normalized spacial score (nSPS) is 10.7. The summed E-state index contributed by atoms with van der Waals surface area (Å²) in [5.41, 5.74) is 2.36. The smallest absolute Gasteiger partial charge is 0.329 e. The van der Waals surface area contributed by atoms with Crippen LogP contribution in [0.5, 0.6) is 0 Å². The summed E-state index contributed by atoms with van der Waals surface area (Å²) in [6, 6.07) is 0. The van der Waals surface area contributed by atoms with Crippen molar-refractivity contribution in [3.8, 4) is 0 Å². The fourth-order valence-electron chi connectivity index (χ4n) is 1.17. The molecule has 0 saturated carbocycles. The van der Waals surface area contributed by atoms with Gasteiger partial charge in [0, 0.05) is 0 Å². The molecule has 0 bridgehead atoms. The lowest BCUT2D eigenvalue weighted by molar-refractivity contribution is -0.142. The number of esters is 2. The Balaban J connectivity index is 1.87. The highest BCUT2D eigenvalue weighted by Gasteiger charge is 2.08. The van der Waals surface area contributed by atoms with Crippen molar-refractivity contribution >= 4 is 23.8 Å². The van der Waals surface area contributed by atoms with E-state index in [1.54, 1.807) is 0 Å². The zero-order valence-corrected chi connectivity index (χ0v) is 12.0. The number of carbonyl (C=O) groups excluding carboxylic acids is 2. The molecule has 122 valence electrons. The van der Waals surface area contributed by atoms with Crippen LogP contribution < -0.4 is 5.43 Å². The van der Waals surface area contributed by atoms with E-state index in [-0.39, 0.29) is 25.0 Å². The van der Waals surface area contributed by atoms with Gasteiger partial charge in [-0.2, -0.15) is 9.59 Å². The van der Waals surface area contributed by atoms with Crippen molar-refractivity contribution in [2.24, 2.45) is 10.3 Å². The average molecular weight is 325 g/mol. The molecule has 0 unspecified atom stereocenters. The maximum atomic E-state index is 11.0. The van der Waals surface area contributed by atoms with Crippen LogP contribution in [0.25, 0.3) is 0 Å². The molecule has 0 aliphatic heterocycles.